The first-order chi connectivity index (χ1) is 13.7. The summed E-state index contributed by atoms with van der Waals surface area (Å²) in [7, 11) is 0. The zero-order valence-electron chi connectivity index (χ0n) is 17.0. The van der Waals surface area contributed by atoms with Crippen LogP contribution in [0.15, 0.2) is 0 Å². The maximum absolute atomic E-state index is 11.3. The number of hydrogen-bond acceptors (Lipinski definition) is 7. The van der Waals surface area contributed by atoms with Crippen molar-refractivity contribution < 1.29 is 28.5 Å². The highest BCUT2D eigenvalue weighted by Gasteiger charge is 2.39. The van der Waals surface area contributed by atoms with Gasteiger partial charge in [-0.3, -0.25) is 9.59 Å². The molecule has 28 heavy (non-hydrogen) atoms. The summed E-state index contributed by atoms with van der Waals surface area (Å²) in [6.07, 6.45) is 10.1. The lowest BCUT2D eigenvalue weighted by Crippen LogP contribution is -2.47. The number of aldehydes is 2. The van der Waals surface area contributed by atoms with Crippen molar-refractivity contribution in [3.8, 4) is 11.5 Å². The lowest BCUT2D eigenvalue weighted by Gasteiger charge is -2.31. The standard InChI is InChI=1S/C21H32O6S/c1-3-5-7-9-11-26-21(27-12-10-8-6-4-2)15-24-19-17(13-22)28-18(14-23)20(19)25-16-21/h13-14H,3-12,15-16H2,1-2H3. The number of unbranched alkanes of at least 4 members (excludes halogenated alkanes) is 6. The Bertz CT molecular complexity index is 562. The fraction of sp³-hybridized carbons (Fsp3) is 0.714. The average molecular weight is 413 g/mol. The Labute approximate surface area is 171 Å². The number of hydrogen-bond donors (Lipinski definition) is 0. The van der Waals surface area contributed by atoms with Gasteiger partial charge in [-0.2, -0.15) is 0 Å². The molecular formula is C21H32O6S. The molecule has 6 nitrogen and oxygen atoms in total. The van der Waals surface area contributed by atoms with E-state index in [9.17, 15) is 9.59 Å². The van der Waals surface area contributed by atoms with Gasteiger partial charge in [0, 0.05) is 0 Å². The van der Waals surface area contributed by atoms with Gasteiger partial charge in [0.05, 0.1) is 13.2 Å². The number of ether oxygens (including phenoxy) is 4. The number of carbonyl (C=O) groups excluding carboxylic acids is 2. The molecule has 0 aromatic carbocycles. The molecule has 0 fully saturated rings. The lowest BCUT2D eigenvalue weighted by atomic mass is 10.2. The number of rotatable bonds is 14. The Morgan fingerprint density at radius 1 is 0.821 bits per heavy atom. The van der Waals surface area contributed by atoms with E-state index in [4.69, 9.17) is 18.9 Å². The third-order valence-electron chi connectivity index (χ3n) is 4.69. The van der Waals surface area contributed by atoms with Crippen LogP contribution >= 0.6 is 11.3 Å². The molecule has 158 valence electrons. The van der Waals surface area contributed by atoms with E-state index in [0.29, 0.717) is 47.0 Å². The highest BCUT2D eigenvalue weighted by molar-refractivity contribution is 7.16. The van der Waals surface area contributed by atoms with Crippen LogP contribution < -0.4 is 9.47 Å². The molecule has 0 bridgehead atoms. The van der Waals surface area contributed by atoms with E-state index < -0.39 is 5.79 Å². The minimum atomic E-state index is -1.03. The maximum Gasteiger partial charge on any atom is 0.238 e. The summed E-state index contributed by atoms with van der Waals surface area (Å²) in [5, 5.41) is 0. The summed E-state index contributed by atoms with van der Waals surface area (Å²) < 4.78 is 24.0. The quantitative estimate of drug-likeness (QED) is 0.242. The van der Waals surface area contributed by atoms with Crippen molar-refractivity contribution in [1.82, 2.24) is 0 Å². The van der Waals surface area contributed by atoms with Gasteiger partial charge in [0.2, 0.25) is 5.79 Å². The van der Waals surface area contributed by atoms with Gasteiger partial charge in [0.25, 0.3) is 0 Å². The molecule has 0 spiro atoms. The predicted molar refractivity (Wildman–Crippen MR) is 109 cm³/mol. The molecule has 0 N–H and O–H groups in total. The third kappa shape index (κ3) is 6.29. The normalized spacial score (nSPS) is 15.2. The minimum absolute atomic E-state index is 0.122. The summed E-state index contributed by atoms with van der Waals surface area (Å²) in [5.74, 6) is -0.406. The van der Waals surface area contributed by atoms with Crippen LogP contribution in [0, 0.1) is 0 Å². The van der Waals surface area contributed by atoms with Crippen molar-refractivity contribution in [3.63, 3.8) is 0 Å². The van der Waals surface area contributed by atoms with E-state index in [1.807, 2.05) is 0 Å². The molecule has 2 heterocycles. The van der Waals surface area contributed by atoms with E-state index in [2.05, 4.69) is 13.8 Å². The zero-order chi connectivity index (χ0) is 20.2. The van der Waals surface area contributed by atoms with Crippen LogP contribution in [0.25, 0.3) is 0 Å². The largest absolute Gasteiger partial charge is 0.482 e. The number of thiophene rings is 1. The molecule has 2 rings (SSSR count). The first-order valence-electron chi connectivity index (χ1n) is 10.3. The second-order valence-corrected chi connectivity index (χ2v) is 8.11. The van der Waals surface area contributed by atoms with Crippen molar-refractivity contribution >= 4 is 23.9 Å². The van der Waals surface area contributed by atoms with Crippen LogP contribution in [0.3, 0.4) is 0 Å². The minimum Gasteiger partial charge on any atom is -0.482 e. The highest BCUT2D eigenvalue weighted by atomic mass is 32.1. The smallest absolute Gasteiger partial charge is 0.238 e. The molecule has 0 amide bonds. The fourth-order valence-corrected chi connectivity index (χ4v) is 3.87. The van der Waals surface area contributed by atoms with Crippen molar-refractivity contribution in [2.45, 2.75) is 71.0 Å². The average Bonchev–Trinajstić information content (AvgIpc) is 2.96. The van der Waals surface area contributed by atoms with Crippen molar-refractivity contribution in [2.24, 2.45) is 0 Å². The number of carbonyl (C=O) groups is 2. The highest BCUT2D eigenvalue weighted by Crippen LogP contribution is 2.43. The molecule has 1 aliphatic heterocycles. The van der Waals surface area contributed by atoms with Gasteiger partial charge >= 0.3 is 0 Å². The van der Waals surface area contributed by atoms with Gasteiger partial charge < -0.3 is 18.9 Å². The molecule has 0 radical (unpaired) electrons. The summed E-state index contributed by atoms with van der Waals surface area (Å²) in [4.78, 5) is 23.3. The maximum atomic E-state index is 11.3. The van der Waals surface area contributed by atoms with Gasteiger partial charge in [-0.1, -0.05) is 52.4 Å². The van der Waals surface area contributed by atoms with E-state index >= 15 is 0 Å². The molecule has 1 aromatic rings. The van der Waals surface area contributed by atoms with E-state index in [1.54, 1.807) is 0 Å². The van der Waals surface area contributed by atoms with Crippen molar-refractivity contribution in [3.05, 3.63) is 9.75 Å². The Kier molecular flexibility index (Phi) is 9.95. The summed E-state index contributed by atoms with van der Waals surface area (Å²) in [6.45, 7) is 5.68. The van der Waals surface area contributed by atoms with E-state index in [1.165, 1.54) is 12.8 Å². The molecular weight excluding hydrogens is 380 g/mol. The van der Waals surface area contributed by atoms with Gasteiger partial charge in [-0.25, -0.2) is 0 Å². The molecule has 1 aliphatic rings. The van der Waals surface area contributed by atoms with Crippen LogP contribution in [-0.4, -0.2) is 44.8 Å². The Hall–Kier alpha value is -1.44. The molecule has 0 saturated carbocycles. The summed E-state index contributed by atoms with van der Waals surface area (Å²) in [5.41, 5.74) is 0. The van der Waals surface area contributed by atoms with Gasteiger partial charge in [-0.05, 0) is 12.8 Å². The first-order valence-corrected chi connectivity index (χ1v) is 11.1. The molecule has 0 saturated heterocycles. The molecule has 1 aromatic heterocycles. The Morgan fingerprint density at radius 3 is 1.68 bits per heavy atom. The van der Waals surface area contributed by atoms with Gasteiger partial charge in [0.15, 0.2) is 24.1 Å². The van der Waals surface area contributed by atoms with Crippen LogP contribution in [-0.2, 0) is 9.47 Å². The Morgan fingerprint density at radius 2 is 1.29 bits per heavy atom. The molecule has 0 aliphatic carbocycles. The zero-order valence-corrected chi connectivity index (χ0v) is 17.8. The lowest BCUT2D eigenvalue weighted by molar-refractivity contribution is -0.260. The molecule has 0 atom stereocenters. The second-order valence-electron chi connectivity index (χ2n) is 7.03. The topological polar surface area (TPSA) is 71.1 Å². The monoisotopic (exact) mass is 412 g/mol. The van der Waals surface area contributed by atoms with Crippen LogP contribution in [0.1, 0.15) is 84.6 Å². The van der Waals surface area contributed by atoms with Crippen LogP contribution in [0.5, 0.6) is 11.5 Å². The summed E-state index contributed by atoms with van der Waals surface area (Å²) in [6, 6.07) is 0. The van der Waals surface area contributed by atoms with Crippen LogP contribution in [0.2, 0.25) is 0 Å². The van der Waals surface area contributed by atoms with Gasteiger partial charge in [-0.15, -0.1) is 11.3 Å². The SMILES string of the molecule is CCCCCCOC1(OCCCCCC)COc2c(C=O)sc(C=O)c2OC1. The van der Waals surface area contributed by atoms with E-state index in [0.717, 1.165) is 49.9 Å². The second kappa shape index (κ2) is 12.2. The molecule has 0 unspecified atom stereocenters. The van der Waals surface area contributed by atoms with Crippen molar-refractivity contribution in [2.75, 3.05) is 26.4 Å². The summed E-state index contributed by atoms with van der Waals surface area (Å²) >= 11 is 1.07. The van der Waals surface area contributed by atoms with E-state index in [-0.39, 0.29) is 13.2 Å². The number of fused-ring (bicyclic) bond motifs is 1. The van der Waals surface area contributed by atoms with Gasteiger partial charge in [0.1, 0.15) is 23.0 Å². The predicted octanol–water partition coefficient (Wildman–Crippen LogP) is 5.03. The van der Waals surface area contributed by atoms with Crippen molar-refractivity contribution in [1.29, 1.82) is 0 Å². The Balaban J connectivity index is 2.04. The fourth-order valence-electron chi connectivity index (χ4n) is 3.05. The molecule has 7 heteroatoms. The third-order valence-corrected chi connectivity index (χ3v) is 5.69. The first kappa shape index (κ1) is 22.8. The van der Waals surface area contributed by atoms with Crippen LogP contribution in [0.4, 0.5) is 0 Å².